The van der Waals surface area contributed by atoms with E-state index >= 15 is 0 Å². The monoisotopic (exact) mass is 266 g/mol. The molecule has 1 aliphatic rings. The number of rotatable bonds is 3. The lowest BCUT2D eigenvalue weighted by Gasteiger charge is -2.05. The summed E-state index contributed by atoms with van der Waals surface area (Å²) in [4.78, 5) is 0.0761. The zero-order chi connectivity index (χ0) is 11.1. The van der Waals surface area contributed by atoms with Crippen LogP contribution in [0.1, 0.15) is 0 Å². The molecule has 1 heterocycles. The van der Waals surface area contributed by atoms with Crippen molar-refractivity contribution < 1.29 is 13.2 Å². The molecule has 6 heteroatoms. The predicted octanol–water partition coefficient (Wildman–Crippen LogP) is 2.17. The quantitative estimate of drug-likeness (QED) is 0.788. The number of ether oxygens (including phenoxy) is 1. The molecular formula is C9H8Cl2O3S. The molecule has 0 bridgehead atoms. The molecule has 0 aliphatic carbocycles. The largest absolute Gasteiger partial charge is 0.372 e. The van der Waals surface area contributed by atoms with Crippen molar-refractivity contribution in [1.29, 1.82) is 0 Å². The van der Waals surface area contributed by atoms with Gasteiger partial charge in [-0.3, -0.25) is 0 Å². The van der Waals surface area contributed by atoms with Crippen molar-refractivity contribution in [3.8, 4) is 0 Å². The van der Waals surface area contributed by atoms with Crippen molar-refractivity contribution in [2.45, 2.75) is 11.0 Å². The zero-order valence-electron chi connectivity index (χ0n) is 7.61. The van der Waals surface area contributed by atoms with Crippen molar-refractivity contribution in [2.75, 3.05) is 12.4 Å². The summed E-state index contributed by atoms with van der Waals surface area (Å²) in [6.07, 6.45) is -0.190. The average Bonchev–Trinajstić information content (AvgIpc) is 2.92. The van der Waals surface area contributed by atoms with Crippen LogP contribution in [0.15, 0.2) is 23.1 Å². The third-order valence-corrected chi connectivity index (χ3v) is 4.53. The second-order valence-corrected chi connectivity index (χ2v) is 6.16. The summed E-state index contributed by atoms with van der Waals surface area (Å²) in [5, 5.41) is 0.551. The van der Waals surface area contributed by atoms with Crippen molar-refractivity contribution in [2.24, 2.45) is 0 Å². The molecule has 0 unspecified atom stereocenters. The molecule has 0 radical (unpaired) electrons. The summed E-state index contributed by atoms with van der Waals surface area (Å²) >= 11 is 11.5. The minimum atomic E-state index is -3.39. The molecule has 0 saturated carbocycles. The highest BCUT2D eigenvalue weighted by molar-refractivity contribution is 7.91. The second-order valence-electron chi connectivity index (χ2n) is 3.31. The Hall–Kier alpha value is -0.290. The molecule has 1 aliphatic heterocycles. The fourth-order valence-electron chi connectivity index (χ4n) is 1.21. The van der Waals surface area contributed by atoms with Crippen LogP contribution >= 0.6 is 23.2 Å². The van der Waals surface area contributed by atoms with E-state index in [1.54, 1.807) is 6.07 Å². The van der Waals surface area contributed by atoms with Gasteiger partial charge in [-0.15, -0.1) is 0 Å². The minimum absolute atomic E-state index is 0.0347. The average molecular weight is 267 g/mol. The SMILES string of the molecule is O=S(=O)(C[C@@H]1CO1)c1cc(Cl)ccc1Cl. The standard InChI is InChI=1S/C9H8Cl2O3S/c10-6-1-2-8(11)9(3-6)15(12,13)5-7-4-14-7/h1-3,7H,4-5H2/t7-/m0/s1. The van der Waals surface area contributed by atoms with E-state index in [4.69, 9.17) is 27.9 Å². The van der Waals surface area contributed by atoms with Gasteiger partial charge in [-0.05, 0) is 18.2 Å². The van der Waals surface area contributed by atoms with Crippen LogP contribution in [0, 0.1) is 0 Å². The lowest BCUT2D eigenvalue weighted by Crippen LogP contribution is -2.12. The van der Waals surface area contributed by atoms with Gasteiger partial charge >= 0.3 is 0 Å². The molecule has 1 aromatic carbocycles. The zero-order valence-corrected chi connectivity index (χ0v) is 9.94. The van der Waals surface area contributed by atoms with Crippen molar-refractivity contribution in [3.63, 3.8) is 0 Å². The number of epoxide rings is 1. The van der Waals surface area contributed by atoms with Gasteiger partial charge in [0.2, 0.25) is 0 Å². The fraction of sp³-hybridized carbons (Fsp3) is 0.333. The molecule has 3 nitrogen and oxygen atoms in total. The van der Waals surface area contributed by atoms with Crippen molar-refractivity contribution in [3.05, 3.63) is 28.2 Å². The highest BCUT2D eigenvalue weighted by atomic mass is 35.5. The molecule has 0 amide bonds. The molecule has 0 aromatic heterocycles. The van der Waals surface area contributed by atoms with Gasteiger partial charge < -0.3 is 4.74 Å². The minimum Gasteiger partial charge on any atom is -0.372 e. The van der Waals surface area contributed by atoms with E-state index in [0.717, 1.165) is 0 Å². The number of hydrogen-bond acceptors (Lipinski definition) is 3. The van der Waals surface area contributed by atoms with Crippen LogP contribution in [-0.4, -0.2) is 26.9 Å². The summed E-state index contributed by atoms with van der Waals surface area (Å²) in [5.41, 5.74) is 0. The molecule has 0 spiro atoms. The van der Waals surface area contributed by atoms with E-state index in [-0.39, 0.29) is 21.8 Å². The molecule has 1 atom stereocenters. The first-order valence-corrected chi connectivity index (χ1v) is 6.69. The van der Waals surface area contributed by atoms with Gasteiger partial charge in [0.25, 0.3) is 0 Å². The highest BCUT2D eigenvalue weighted by Gasteiger charge is 2.31. The highest BCUT2D eigenvalue weighted by Crippen LogP contribution is 2.27. The summed E-state index contributed by atoms with van der Waals surface area (Å²) in [6, 6.07) is 4.39. The third kappa shape index (κ3) is 2.64. The molecule has 1 aromatic rings. The van der Waals surface area contributed by atoms with Crippen LogP contribution in [0.3, 0.4) is 0 Å². The van der Waals surface area contributed by atoms with Crippen molar-refractivity contribution >= 4 is 33.0 Å². The molecule has 2 rings (SSSR count). The number of hydrogen-bond donors (Lipinski definition) is 0. The maximum Gasteiger partial charge on any atom is 0.182 e. The molecule has 0 N–H and O–H groups in total. The summed E-state index contributed by atoms with van der Waals surface area (Å²) in [5.74, 6) is -0.0347. The van der Waals surface area contributed by atoms with E-state index in [2.05, 4.69) is 0 Å². The Morgan fingerprint density at radius 3 is 2.67 bits per heavy atom. The predicted molar refractivity (Wildman–Crippen MR) is 58.3 cm³/mol. The first kappa shape index (κ1) is 11.2. The van der Waals surface area contributed by atoms with Crippen LogP contribution in [0.25, 0.3) is 0 Å². The van der Waals surface area contributed by atoms with Gasteiger partial charge in [-0.2, -0.15) is 0 Å². The van der Waals surface area contributed by atoms with E-state index < -0.39 is 9.84 Å². The number of halogens is 2. The van der Waals surface area contributed by atoms with Gasteiger partial charge in [-0.25, -0.2) is 8.42 Å². The Morgan fingerprint density at radius 1 is 1.40 bits per heavy atom. The molecule has 15 heavy (non-hydrogen) atoms. The Bertz CT molecular complexity index is 480. The van der Waals surface area contributed by atoms with Crippen LogP contribution in [0.5, 0.6) is 0 Å². The Kier molecular flexibility index (Phi) is 2.94. The Morgan fingerprint density at radius 2 is 2.07 bits per heavy atom. The molecular weight excluding hydrogens is 259 g/mol. The third-order valence-electron chi connectivity index (χ3n) is 2.04. The van der Waals surface area contributed by atoms with E-state index in [1.807, 2.05) is 0 Å². The van der Waals surface area contributed by atoms with E-state index in [0.29, 0.717) is 11.6 Å². The molecule has 1 fully saturated rings. The van der Waals surface area contributed by atoms with Crippen LogP contribution < -0.4 is 0 Å². The van der Waals surface area contributed by atoms with Crippen LogP contribution in [-0.2, 0) is 14.6 Å². The van der Waals surface area contributed by atoms with Gasteiger partial charge in [0.1, 0.15) is 0 Å². The number of sulfone groups is 1. The molecule has 1 saturated heterocycles. The smallest absolute Gasteiger partial charge is 0.182 e. The van der Waals surface area contributed by atoms with Crippen molar-refractivity contribution in [1.82, 2.24) is 0 Å². The van der Waals surface area contributed by atoms with Crippen LogP contribution in [0.2, 0.25) is 10.0 Å². The summed E-state index contributed by atoms with van der Waals surface area (Å²) in [7, 11) is -3.39. The fourth-order valence-corrected chi connectivity index (χ4v) is 3.45. The lowest BCUT2D eigenvalue weighted by atomic mass is 10.4. The van der Waals surface area contributed by atoms with Gasteiger partial charge in [0, 0.05) is 5.02 Å². The maximum absolute atomic E-state index is 11.8. The Labute approximate surface area is 97.9 Å². The van der Waals surface area contributed by atoms with Crippen LogP contribution in [0.4, 0.5) is 0 Å². The summed E-state index contributed by atoms with van der Waals surface area (Å²) in [6.45, 7) is 0.497. The lowest BCUT2D eigenvalue weighted by molar-refractivity contribution is 0.422. The van der Waals surface area contributed by atoms with Gasteiger partial charge in [0.05, 0.1) is 28.4 Å². The Balaban J connectivity index is 2.38. The van der Waals surface area contributed by atoms with Gasteiger partial charge in [-0.1, -0.05) is 23.2 Å². The van der Waals surface area contributed by atoms with Gasteiger partial charge in [0.15, 0.2) is 9.84 Å². The first-order chi connectivity index (χ1) is 6.99. The topological polar surface area (TPSA) is 46.7 Å². The number of benzene rings is 1. The van der Waals surface area contributed by atoms with E-state index in [9.17, 15) is 8.42 Å². The van der Waals surface area contributed by atoms with E-state index in [1.165, 1.54) is 12.1 Å². The normalized spacial score (nSPS) is 20.3. The second kappa shape index (κ2) is 3.94. The first-order valence-electron chi connectivity index (χ1n) is 4.28. The maximum atomic E-state index is 11.8. The molecule has 82 valence electrons. The summed E-state index contributed by atoms with van der Waals surface area (Å²) < 4.78 is 28.5.